The lowest BCUT2D eigenvalue weighted by molar-refractivity contribution is -0.0149. The minimum absolute atomic E-state index is 0. The van der Waals surface area contributed by atoms with E-state index in [4.69, 9.17) is 4.74 Å². The van der Waals surface area contributed by atoms with Gasteiger partial charge in [-0.3, -0.25) is 4.99 Å². The van der Waals surface area contributed by atoms with Gasteiger partial charge in [0.1, 0.15) is 0 Å². The van der Waals surface area contributed by atoms with E-state index in [-0.39, 0.29) is 29.6 Å². The molecule has 0 radical (unpaired) electrons. The normalized spacial score (nSPS) is 11.9. The quantitative estimate of drug-likeness (QED) is 0.380. The molecule has 0 unspecified atom stereocenters. The highest BCUT2D eigenvalue weighted by Crippen LogP contribution is 2.13. The molecule has 2 aromatic rings. The molecular formula is C21H33IN4O. The average molecular weight is 484 g/mol. The second-order valence-corrected chi connectivity index (χ2v) is 7.59. The molecular weight excluding hydrogens is 451 g/mol. The van der Waals surface area contributed by atoms with Crippen LogP contribution in [0.3, 0.4) is 0 Å². The lowest BCUT2D eigenvalue weighted by atomic mass is 10.1. The first-order valence-corrected chi connectivity index (χ1v) is 9.02. The minimum Gasteiger partial charge on any atom is -0.371 e. The van der Waals surface area contributed by atoms with Crippen LogP contribution in [0.15, 0.2) is 47.6 Å². The molecule has 0 amide bonds. The predicted octanol–water partition coefficient (Wildman–Crippen LogP) is 4.17. The van der Waals surface area contributed by atoms with Crippen molar-refractivity contribution in [2.45, 2.75) is 46.1 Å². The van der Waals surface area contributed by atoms with Crippen molar-refractivity contribution in [3.63, 3.8) is 0 Å². The van der Waals surface area contributed by atoms with Gasteiger partial charge in [0, 0.05) is 39.6 Å². The second kappa shape index (κ2) is 10.7. The van der Waals surface area contributed by atoms with E-state index >= 15 is 0 Å². The molecule has 0 fully saturated rings. The van der Waals surface area contributed by atoms with E-state index in [0.717, 1.165) is 19.0 Å². The topological polar surface area (TPSA) is 41.8 Å². The summed E-state index contributed by atoms with van der Waals surface area (Å²) >= 11 is 0. The number of aromatic nitrogens is 1. The molecule has 5 nitrogen and oxygen atoms in total. The summed E-state index contributed by atoms with van der Waals surface area (Å²) in [4.78, 5) is 6.53. The van der Waals surface area contributed by atoms with Gasteiger partial charge in [-0.15, -0.1) is 24.0 Å². The van der Waals surface area contributed by atoms with Gasteiger partial charge in [0.2, 0.25) is 0 Å². The first kappa shape index (κ1) is 23.5. The van der Waals surface area contributed by atoms with E-state index in [9.17, 15) is 0 Å². The fraction of sp³-hybridized carbons (Fsp3) is 0.476. The SMILES string of the molecule is CN=C(NCc1cccc(COC(C)(C)C)c1)N(C)Cc1cccn1C.I. The largest absolute Gasteiger partial charge is 0.371 e. The predicted molar refractivity (Wildman–Crippen MR) is 123 cm³/mol. The highest BCUT2D eigenvalue weighted by Gasteiger charge is 2.11. The fourth-order valence-corrected chi connectivity index (χ4v) is 2.67. The minimum atomic E-state index is -0.129. The Labute approximate surface area is 180 Å². The van der Waals surface area contributed by atoms with Crippen molar-refractivity contribution >= 4 is 29.9 Å². The van der Waals surface area contributed by atoms with Gasteiger partial charge in [0.15, 0.2) is 5.96 Å². The van der Waals surface area contributed by atoms with Gasteiger partial charge in [0.25, 0.3) is 0 Å². The number of aryl methyl sites for hydroxylation is 1. The summed E-state index contributed by atoms with van der Waals surface area (Å²) in [5.41, 5.74) is 3.52. The van der Waals surface area contributed by atoms with Crippen LogP contribution in [-0.4, -0.2) is 35.1 Å². The second-order valence-electron chi connectivity index (χ2n) is 7.59. The number of ether oxygens (including phenoxy) is 1. The molecule has 27 heavy (non-hydrogen) atoms. The third-order valence-electron chi connectivity index (χ3n) is 4.14. The Kier molecular flexibility index (Phi) is 9.32. The van der Waals surface area contributed by atoms with Crippen LogP contribution >= 0.6 is 24.0 Å². The van der Waals surface area contributed by atoms with Crippen molar-refractivity contribution in [1.82, 2.24) is 14.8 Å². The van der Waals surface area contributed by atoms with Crippen molar-refractivity contribution in [1.29, 1.82) is 0 Å². The Hall–Kier alpha value is -1.54. The van der Waals surface area contributed by atoms with Crippen LogP contribution in [0.4, 0.5) is 0 Å². The fourth-order valence-electron chi connectivity index (χ4n) is 2.67. The molecule has 150 valence electrons. The van der Waals surface area contributed by atoms with E-state index < -0.39 is 0 Å². The van der Waals surface area contributed by atoms with E-state index in [1.165, 1.54) is 16.8 Å². The molecule has 1 heterocycles. The highest BCUT2D eigenvalue weighted by molar-refractivity contribution is 14.0. The van der Waals surface area contributed by atoms with Crippen LogP contribution in [-0.2, 0) is 31.5 Å². The van der Waals surface area contributed by atoms with E-state index in [1.807, 2.05) is 7.05 Å². The maximum atomic E-state index is 5.87. The zero-order valence-electron chi connectivity index (χ0n) is 17.3. The maximum absolute atomic E-state index is 5.87. The van der Waals surface area contributed by atoms with Crippen molar-refractivity contribution in [2.75, 3.05) is 14.1 Å². The Morgan fingerprint density at radius 1 is 1.19 bits per heavy atom. The monoisotopic (exact) mass is 484 g/mol. The first-order chi connectivity index (χ1) is 12.3. The first-order valence-electron chi connectivity index (χ1n) is 9.02. The Balaban J connectivity index is 0.00000364. The van der Waals surface area contributed by atoms with Gasteiger partial charge in [-0.2, -0.15) is 0 Å². The zero-order chi connectivity index (χ0) is 19.2. The lowest BCUT2D eigenvalue weighted by Gasteiger charge is -2.23. The van der Waals surface area contributed by atoms with Gasteiger partial charge in [-0.05, 0) is 44.0 Å². The molecule has 0 saturated heterocycles. The van der Waals surface area contributed by atoms with Crippen LogP contribution in [0.2, 0.25) is 0 Å². The van der Waals surface area contributed by atoms with Crippen molar-refractivity contribution in [3.8, 4) is 0 Å². The average Bonchev–Trinajstić information content (AvgIpc) is 2.98. The maximum Gasteiger partial charge on any atom is 0.194 e. The zero-order valence-corrected chi connectivity index (χ0v) is 19.7. The third-order valence-corrected chi connectivity index (χ3v) is 4.14. The van der Waals surface area contributed by atoms with Crippen LogP contribution in [0, 0.1) is 0 Å². The smallest absolute Gasteiger partial charge is 0.194 e. The van der Waals surface area contributed by atoms with Gasteiger partial charge in [-0.1, -0.05) is 24.3 Å². The van der Waals surface area contributed by atoms with Crippen molar-refractivity contribution < 1.29 is 4.74 Å². The van der Waals surface area contributed by atoms with Crippen LogP contribution in [0.5, 0.6) is 0 Å². The molecule has 2 rings (SSSR count). The summed E-state index contributed by atoms with van der Waals surface area (Å²) in [6.45, 7) is 8.39. The van der Waals surface area contributed by atoms with Gasteiger partial charge in [-0.25, -0.2) is 0 Å². The van der Waals surface area contributed by atoms with E-state index in [2.05, 4.69) is 97.2 Å². The summed E-state index contributed by atoms with van der Waals surface area (Å²) in [5.74, 6) is 0.877. The number of hydrogen-bond donors (Lipinski definition) is 1. The molecule has 0 aliphatic rings. The van der Waals surface area contributed by atoms with E-state index in [1.54, 1.807) is 0 Å². The molecule has 1 aromatic carbocycles. The van der Waals surface area contributed by atoms with Crippen LogP contribution in [0.1, 0.15) is 37.6 Å². The Bertz CT molecular complexity index is 734. The summed E-state index contributed by atoms with van der Waals surface area (Å²) in [7, 11) is 5.93. The number of benzene rings is 1. The van der Waals surface area contributed by atoms with Crippen molar-refractivity contribution in [3.05, 3.63) is 59.4 Å². The molecule has 0 aliphatic carbocycles. The summed E-state index contributed by atoms with van der Waals surface area (Å²) in [5, 5.41) is 3.44. The van der Waals surface area contributed by atoms with Crippen molar-refractivity contribution in [2.24, 2.45) is 12.0 Å². The molecule has 0 bridgehead atoms. The number of nitrogens with one attached hydrogen (secondary N) is 1. The van der Waals surface area contributed by atoms with Crippen LogP contribution in [0.25, 0.3) is 0 Å². The molecule has 1 N–H and O–H groups in total. The molecule has 0 aliphatic heterocycles. The number of rotatable bonds is 6. The number of guanidine groups is 1. The summed E-state index contributed by atoms with van der Waals surface area (Å²) < 4.78 is 8.00. The molecule has 0 atom stereocenters. The third kappa shape index (κ3) is 7.92. The molecule has 0 saturated carbocycles. The number of hydrogen-bond acceptors (Lipinski definition) is 2. The molecule has 6 heteroatoms. The summed E-state index contributed by atoms with van der Waals surface area (Å²) in [6, 6.07) is 12.7. The number of aliphatic imine (C=N–C) groups is 1. The molecule has 1 aromatic heterocycles. The Morgan fingerprint density at radius 2 is 1.89 bits per heavy atom. The summed E-state index contributed by atoms with van der Waals surface area (Å²) in [6.07, 6.45) is 2.06. The number of nitrogens with zero attached hydrogens (tertiary/aromatic N) is 3. The molecule has 0 spiro atoms. The van der Waals surface area contributed by atoms with Gasteiger partial charge >= 0.3 is 0 Å². The number of halogens is 1. The van der Waals surface area contributed by atoms with Crippen LogP contribution < -0.4 is 5.32 Å². The highest BCUT2D eigenvalue weighted by atomic mass is 127. The standard InChI is InChI=1S/C21H32N4O.HI/c1-21(2,3)26-16-18-10-7-9-17(13-18)14-23-20(22-4)25(6)15-19-11-8-12-24(19)5;/h7-13H,14-16H2,1-6H3,(H,22,23);1H. The Morgan fingerprint density at radius 3 is 2.48 bits per heavy atom. The lowest BCUT2D eigenvalue weighted by Crippen LogP contribution is -2.38. The van der Waals surface area contributed by atoms with Gasteiger partial charge in [0.05, 0.1) is 18.8 Å². The van der Waals surface area contributed by atoms with E-state index in [0.29, 0.717) is 6.61 Å². The van der Waals surface area contributed by atoms with Gasteiger partial charge < -0.3 is 19.5 Å².